The van der Waals surface area contributed by atoms with Crippen molar-refractivity contribution in [3.05, 3.63) is 0 Å². The molecule has 4 rings (SSSR count). The number of hydrogen-bond acceptors (Lipinski definition) is 16. The zero-order valence-electron chi connectivity index (χ0n) is 37.6. The Kier molecular flexibility index (Phi) is 17.4. The van der Waals surface area contributed by atoms with Crippen molar-refractivity contribution in [1.29, 1.82) is 0 Å². The number of carbonyl (C=O) groups is 1. The van der Waals surface area contributed by atoms with Crippen molar-refractivity contribution in [1.82, 2.24) is 10.2 Å². The van der Waals surface area contributed by atoms with E-state index in [1.807, 2.05) is 53.6 Å². The zero-order valence-corrected chi connectivity index (χ0v) is 37.6. The molecule has 4 saturated heterocycles. The van der Waals surface area contributed by atoms with Crippen LogP contribution in [0.4, 0.5) is 0 Å². The molecule has 0 unspecified atom stereocenters. The predicted molar refractivity (Wildman–Crippen MR) is 214 cm³/mol. The molecular weight excluding hydrogens is 756 g/mol. The average molecular weight is 835 g/mol. The van der Waals surface area contributed by atoms with Crippen LogP contribution in [0, 0.1) is 23.7 Å². The minimum Gasteiger partial charge on any atom is -0.459 e. The normalized spacial score (nSPS) is 48.7. The molecule has 340 valence electrons. The van der Waals surface area contributed by atoms with Crippen LogP contribution in [0.1, 0.15) is 94.9 Å². The van der Waals surface area contributed by atoms with Gasteiger partial charge in [0.25, 0.3) is 0 Å². The van der Waals surface area contributed by atoms with E-state index in [2.05, 4.69) is 5.32 Å². The summed E-state index contributed by atoms with van der Waals surface area (Å²) in [6.45, 7) is 19.1. The number of rotatable bonds is 12. The maximum atomic E-state index is 14.5. The molecule has 0 aromatic rings. The lowest BCUT2D eigenvalue weighted by Gasteiger charge is -2.52. The molecule has 4 aliphatic rings. The quantitative estimate of drug-likeness (QED) is 0.142. The highest BCUT2D eigenvalue weighted by molar-refractivity contribution is 5.73. The lowest BCUT2D eigenvalue weighted by molar-refractivity contribution is -0.318. The monoisotopic (exact) mass is 835 g/mol. The van der Waals surface area contributed by atoms with E-state index in [4.69, 9.17) is 42.6 Å². The minimum absolute atomic E-state index is 0.137. The molecule has 2 bridgehead atoms. The molecule has 5 N–H and O–H groups in total. The number of hydrogen-bond donors (Lipinski definition) is 5. The Bertz CT molecular complexity index is 1290. The third-order valence-corrected chi connectivity index (χ3v) is 13.5. The summed E-state index contributed by atoms with van der Waals surface area (Å²) in [6.07, 6.45) is -8.29. The molecule has 0 saturated carbocycles. The number of methoxy groups -OCH3 is 2. The minimum atomic E-state index is -1.64. The number of likely N-dealkylation sites (N-methyl/N-ethyl adjacent to an activating group) is 1. The van der Waals surface area contributed by atoms with Crippen LogP contribution >= 0.6 is 0 Å². The Hall–Kier alpha value is -1.09. The highest BCUT2D eigenvalue weighted by Gasteiger charge is 2.55. The van der Waals surface area contributed by atoms with Gasteiger partial charge < -0.3 is 68.0 Å². The largest absolute Gasteiger partial charge is 0.459 e. The molecule has 0 aromatic carbocycles. The fraction of sp³-hybridized carbons (Fsp3) is 0.976. The summed E-state index contributed by atoms with van der Waals surface area (Å²) in [7, 11) is 6.90. The van der Waals surface area contributed by atoms with E-state index < -0.39 is 96.1 Å². The van der Waals surface area contributed by atoms with Crippen molar-refractivity contribution in [2.45, 2.75) is 191 Å². The summed E-state index contributed by atoms with van der Waals surface area (Å²) < 4.78 is 55.7. The summed E-state index contributed by atoms with van der Waals surface area (Å²) in [4.78, 5) is 16.4. The maximum absolute atomic E-state index is 14.5. The second kappa shape index (κ2) is 20.4. The fourth-order valence-electron chi connectivity index (χ4n) is 10.0. The first-order valence-electron chi connectivity index (χ1n) is 21.4. The smallest absolute Gasteiger partial charge is 0.311 e. The van der Waals surface area contributed by atoms with E-state index in [-0.39, 0.29) is 55.9 Å². The Morgan fingerprint density at radius 1 is 0.914 bits per heavy atom. The Morgan fingerprint density at radius 3 is 2.19 bits per heavy atom. The number of fused-ring (bicyclic) bond motifs is 2. The zero-order chi connectivity index (χ0) is 43.5. The van der Waals surface area contributed by atoms with E-state index >= 15 is 0 Å². The fourth-order valence-corrected chi connectivity index (χ4v) is 10.0. The third-order valence-electron chi connectivity index (χ3n) is 13.5. The van der Waals surface area contributed by atoms with Gasteiger partial charge in [0.05, 0.1) is 67.5 Å². The van der Waals surface area contributed by atoms with Crippen molar-refractivity contribution in [2.24, 2.45) is 23.7 Å². The van der Waals surface area contributed by atoms with Crippen LogP contribution < -0.4 is 5.32 Å². The molecule has 4 aliphatic heterocycles. The van der Waals surface area contributed by atoms with E-state index in [1.165, 1.54) is 7.11 Å². The molecule has 0 radical (unpaired) electrons. The summed E-state index contributed by atoms with van der Waals surface area (Å²) >= 11 is 0. The lowest BCUT2D eigenvalue weighted by Crippen LogP contribution is -2.67. The van der Waals surface area contributed by atoms with Crippen molar-refractivity contribution < 1.29 is 67.9 Å². The van der Waals surface area contributed by atoms with E-state index in [0.717, 1.165) is 0 Å². The highest BCUT2D eigenvalue weighted by atomic mass is 16.7. The van der Waals surface area contributed by atoms with Gasteiger partial charge in [0, 0.05) is 44.6 Å². The molecule has 0 aromatic heterocycles. The first-order valence-corrected chi connectivity index (χ1v) is 21.4. The molecule has 16 heteroatoms. The van der Waals surface area contributed by atoms with Crippen LogP contribution in [-0.4, -0.2) is 176 Å². The predicted octanol–water partition coefficient (Wildman–Crippen LogP) is 2.20. The lowest BCUT2D eigenvalue weighted by atomic mass is 9.71. The van der Waals surface area contributed by atoms with Crippen molar-refractivity contribution in [2.75, 3.05) is 48.1 Å². The summed E-state index contributed by atoms with van der Waals surface area (Å²) in [5, 5.41) is 51.5. The van der Waals surface area contributed by atoms with Crippen molar-refractivity contribution >= 4 is 5.97 Å². The van der Waals surface area contributed by atoms with Crippen LogP contribution in [0.15, 0.2) is 0 Å². The molecule has 20 atom stereocenters. The van der Waals surface area contributed by atoms with Crippen LogP contribution in [0.25, 0.3) is 0 Å². The molecule has 4 heterocycles. The molecule has 0 spiro atoms. The first-order chi connectivity index (χ1) is 27.0. The standard InChI is InChI=1S/C42H78N2O14/c1-15-29-42(10,49)37-24(4)32(43-30(56-37)21-52-17-16-50-13)22(2)19-40(8,48)36(58-39-33(45)28(44(11)12)18-23(3)53-39)25(5)34(26(6)38(47)55-29)57-31-20-41(9,51-14)35(46)27(7)54-31/h22-37,39,43,45-46,48-49H,15-21H2,1-14H3/t22-,23-,24+,25+,26-,27+,28-,29-,30-,31+,32+,33-,34+,35+,36-,37-,39+,40-,41+,42-/m1/s1. The van der Waals surface area contributed by atoms with Gasteiger partial charge in [-0.25, -0.2) is 0 Å². The summed E-state index contributed by atoms with van der Waals surface area (Å²) in [6, 6.07) is -0.593. The van der Waals surface area contributed by atoms with Crippen LogP contribution in [0.3, 0.4) is 0 Å². The Morgan fingerprint density at radius 2 is 1.59 bits per heavy atom. The number of cyclic esters (lactones) is 1. The average Bonchev–Trinajstić information content (AvgIpc) is 3.15. The molecular formula is C42H78N2O14. The number of carbonyl (C=O) groups excluding carboxylic acids is 1. The summed E-state index contributed by atoms with van der Waals surface area (Å²) in [5.74, 6) is -2.95. The van der Waals surface area contributed by atoms with E-state index in [1.54, 1.807) is 41.7 Å². The number of nitrogens with one attached hydrogen (secondary N) is 1. The van der Waals surface area contributed by atoms with Gasteiger partial charge in [0.1, 0.15) is 30.1 Å². The van der Waals surface area contributed by atoms with E-state index in [0.29, 0.717) is 19.6 Å². The van der Waals surface area contributed by atoms with Crippen molar-refractivity contribution in [3.8, 4) is 0 Å². The summed E-state index contributed by atoms with van der Waals surface area (Å²) in [5.41, 5.74) is -4.27. The third kappa shape index (κ3) is 11.1. The SMILES string of the molecule is CC[C@H]1OC(=O)[C@H](C)[C@@H](O[C@H]2C[C@](C)(OC)[C@@H](O)[C@H](C)O2)[C@H](C)[C@@H](O[C@@H]2O[C@H](C)C[C@@H](N(C)C)[C@H]2O)[C@](C)(O)C[C@@H](C)[C@@H]2N[C@@H](COCCOC)O[C@H]([C@H]2C)[C@]1(C)O. The van der Waals surface area contributed by atoms with Crippen molar-refractivity contribution in [3.63, 3.8) is 0 Å². The van der Waals surface area contributed by atoms with Gasteiger partial charge in [-0.1, -0.05) is 27.7 Å². The molecule has 4 fully saturated rings. The van der Waals surface area contributed by atoms with Crippen LogP contribution in [-0.2, 0) is 47.4 Å². The molecule has 0 amide bonds. The Balaban J connectivity index is 1.83. The molecule has 58 heavy (non-hydrogen) atoms. The number of esters is 1. The van der Waals surface area contributed by atoms with Gasteiger partial charge in [-0.05, 0) is 80.8 Å². The van der Waals surface area contributed by atoms with Gasteiger partial charge >= 0.3 is 5.97 Å². The van der Waals surface area contributed by atoms with Gasteiger partial charge in [-0.3, -0.25) is 10.1 Å². The highest BCUT2D eigenvalue weighted by Crippen LogP contribution is 2.43. The number of nitrogens with zero attached hydrogens (tertiary/aromatic N) is 1. The molecule has 0 aliphatic carbocycles. The Labute approximate surface area is 346 Å². The molecule has 16 nitrogen and oxygen atoms in total. The van der Waals surface area contributed by atoms with Gasteiger partial charge in [0.2, 0.25) is 0 Å². The van der Waals surface area contributed by atoms with Gasteiger partial charge in [0.15, 0.2) is 12.6 Å². The number of aliphatic hydroxyl groups is 4. The van der Waals surface area contributed by atoms with Gasteiger partial charge in [-0.2, -0.15) is 0 Å². The van der Waals surface area contributed by atoms with E-state index in [9.17, 15) is 25.2 Å². The second-order valence-corrected chi connectivity index (χ2v) is 18.6. The number of ether oxygens (including phenoxy) is 9. The topological polar surface area (TPSA) is 196 Å². The van der Waals surface area contributed by atoms with Gasteiger partial charge in [-0.15, -0.1) is 0 Å². The van der Waals surface area contributed by atoms with Crippen LogP contribution in [0.5, 0.6) is 0 Å². The maximum Gasteiger partial charge on any atom is 0.311 e. The second-order valence-electron chi connectivity index (χ2n) is 18.6. The first kappa shape index (κ1) is 49.6. The van der Waals surface area contributed by atoms with Crippen LogP contribution in [0.2, 0.25) is 0 Å². The number of aliphatic hydroxyl groups excluding tert-OH is 2.